The zero-order valence-electron chi connectivity index (χ0n) is 10.7. The second kappa shape index (κ2) is 7.61. The zero-order valence-corrected chi connectivity index (χ0v) is 11.7. The van der Waals surface area contributed by atoms with Crippen LogP contribution in [0.15, 0.2) is 6.07 Å². The Morgan fingerprint density at radius 3 is 1.89 bits per heavy atom. The fourth-order valence-electron chi connectivity index (χ4n) is 1.31. The Morgan fingerprint density at radius 1 is 0.895 bits per heavy atom. The molecule has 0 spiro atoms. The van der Waals surface area contributed by atoms with Gasteiger partial charge in [0.05, 0.1) is 0 Å². The molecule has 2 nitrogen and oxygen atoms in total. The van der Waals surface area contributed by atoms with Crippen molar-refractivity contribution in [3.63, 3.8) is 0 Å². The summed E-state index contributed by atoms with van der Waals surface area (Å²) in [6, 6.07) is 0.605. The van der Waals surface area contributed by atoms with Crippen LogP contribution in [-0.2, 0) is 8.85 Å². The standard InChI is InChI=1S/C12H15F4O2Si/c1-3-5-17-19(18-6-4-2)9-7-8(13)10(14)12(16)11(9)15/h7H,3-6H2,1-2H3. The van der Waals surface area contributed by atoms with E-state index in [-0.39, 0.29) is 18.4 Å². The van der Waals surface area contributed by atoms with Crippen molar-refractivity contribution >= 4 is 14.5 Å². The Bertz CT molecular complexity index is 421. The molecule has 0 heterocycles. The molecule has 0 amide bonds. The van der Waals surface area contributed by atoms with Gasteiger partial charge < -0.3 is 8.85 Å². The molecule has 0 aliphatic rings. The summed E-state index contributed by atoms with van der Waals surface area (Å²) in [6.45, 7) is 4.22. The summed E-state index contributed by atoms with van der Waals surface area (Å²) in [5.41, 5.74) is 0. The molecular formula is C12H15F4O2Si. The van der Waals surface area contributed by atoms with E-state index >= 15 is 0 Å². The van der Waals surface area contributed by atoms with Gasteiger partial charge in [0.1, 0.15) is 0 Å². The van der Waals surface area contributed by atoms with Crippen LogP contribution in [0.1, 0.15) is 26.7 Å². The maximum atomic E-state index is 13.6. The van der Waals surface area contributed by atoms with Gasteiger partial charge in [0.25, 0.3) is 0 Å². The fraction of sp³-hybridized carbons (Fsp3) is 0.500. The van der Waals surface area contributed by atoms with Gasteiger partial charge in [-0.2, -0.15) is 0 Å². The number of rotatable bonds is 7. The number of hydrogen-bond donors (Lipinski definition) is 0. The minimum Gasteiger partial charge on any atom is -0.390 e. The predicted octanol–water partition coefficient (Wildman–Crippen LogP) is 2.79. The highest BCUT2D eigenvalue weighted by Crippen LogP contribution is 2.13. The Labute approximate surface area is 111 Å². The van der Waals surface area contributed by atoms with Gasteiger partial charge in [-0.3, -0.25) is 0 Å². The van der Waals surface area contributed by atoms with Gasteiger partial charge in [0.15, 0.2) is 23.3 Å². The van der Waals surface area contributed by atoms with Crippen LogP contribution >= 0.6 is 0 Å². The van der Waals surface area contributed by atoms with Crippen LogP contribution in [0.2, 0.25) is 0 Å². The van der Waals surface area contributed by atoms with Crippen molar-refractivity contribution in [2.24, 2.45) is 0 Å². The van der Waals surface area contributed by atoms with E-state index in [0.717, 1.165) is 0 Å². The van der Waals surface area contributed by atoms with E-state index < -0.39 is 32.6 Å². The Kier molecular flexibility index (Phi) is 6.46. The van der Waals surface area contributed by atoms with Gasteiger partial charge in [0, 0.05) is 18.4 Å². The lowest BCUT2D eigenvalue weighted by molar-refractivity contribution is 0.206. The molecule has 0 N–H and O–H groups in total. The highest BCUT2D eigenvalue weighted by Gasteiger charge is 2.29. The van der Waals surface area contributed by atoms with Crippen LogP contribution in [0.4, 0.5) is 17.6 Å². The largest absolute Gasteiger partial charge is 0.426 e. The van der Waals surface area contributed by atoms with Crippen LogP contribution in [0.25, 0.3) is 0 Å². The maximum absolute atomic E-state index is 13.6. The van der Waals surface area contributed by atoms with Crippen LogP contribution in [0, 0.1) is 23.3 Å². The molecule has 1 aromatic carbocycles. The third-order valence-electron chi connectivity index (χ3n) is 2.20. The lowest BCUT2D eigenvalue weighted by atomic mass is 10.3. The summed E-state index contributed by atoms with van der Waals surface area (Å²) in [4.78, 5) is 0. The molecule has 1 rings (SSSR count). The van der Waals surface area contributed by atoms with Gasteiger partial charge in [-0.1, -0.05) is 13.8 Å². The van der Waals surface area contributed by atoms with E-state index in [1.165, 1.54) is 0 Å². The highest BCUT2D eigenvalue weighted by atomic mass is 28.3. The molecule has 0 bridgehead atoms. The van der Waals surface area contributed by atoms with E-state index in [0.29, 0.717) is 18.9 Å². The average molecular weight is 295 g/mol. The highest BCUT2D eigenvalue weighted by molar-refractivity contribution is 6.61. The second-order valence-corrected chi connectivity index (χ2v) is 5.52. The summed E-state index contributed by atoms with van der Waals surface area (Å²) in [5, 5.41) is -0.372. The number of halogens is 4. The van der Waals surface area contributed by atoms with Crippen LogP contribution in [-0.4, -0.2) is 22.5 Å². The van der Waals surface area contributed by atoms with Crippen LogP contribution in [0.5, 0.6) is 0 Å². The van der Waals surface area contributed by atoms with E-state index in [1.807, 2.05) is 13.8 Å². The Balaban J connectivity index is 3.06. The van der Waals surface area contributed by atoms with Gasteiger partial charge >= 0.3 is 9.28 Å². The van der Waals surface area contributed by atoms with Gasteiger partial charge in [-0.05, 0) is 18.9 Å². The Morgan fingerprint density at radius 2 is 1.42 bits per heavy atom. The first-order valence-corrected chi connectivity index (χ1v) is 7.30. The average Bonchev–Trinajstić information content (AvgIpc) is 2.41. The molecule has 1 radical (unpaired) electrons. The van der Waals surface area contributed by atoms with E-state index in [9.17, 15) is 17.6 Å². The van der Waals surface area contributed by atoms with Crippen molar-refractivity contribution in [1.29, 1.82) is 0 Å². The van der Waals surface area contributed by atoms with Crippen molar-refractivity contribution in [2.45, 2.75) is 26.7 Å². The normalized spacial score (nSPS) is 11.3. The first kappa shape index (κ1) is 16.1. The summed E-state index contributed by atoms with van der Waals surface area (Å²) in [7, 11) is -2.36. The van der Waals surface area contributed by atoms with Crippen molar-refractivity contribution in [3.05, 3.63) is 29.3 Å². The van der Waals surface area contributed by atoms with Crippen molar-refractivity contribution < 1.29 is 26.4 Å². The lowest BCUT2D eigenvalue weighted by Gasteiger charge is -2.16. The molecule has 0 unspecified atom stereocenters. The second-order valence-electron chi connectivity index (χ2n) is 3.83. The van der Waals surface area contributed by atoms with Crippen molar-refractivity contribution in [2.75, 3.05) is 13.2 Å². The number of hydrogen-bond acceptors (Lipinski definition) is 2. The summed E-state index contributed by atoms with van der Waals surface area (Å²) in [6.07, 6.45) is 1.30. The molecule has 0 atom stereocenters. The summed E-state index contributed by atoms with van der Waals surface area (Å²) in [5.74, 6) is -6.55. The van der Waals surface area contributed by atoms with Gasteiger partial charge in [-0.15, -0.1) is 0 Å². The molecule has 107 valence electrons. The SMILES string of the molecule is CCCO[Si](OCCC)c1cc(F)c(F)c(F)c1F. The molecule has 0 aromatic heterocycles. The minimum atomic E-state index is -2.36. The molecule has 0 saturated heterocycles. The predicted molar refractivity (Wildman–Crippen MR) is 64.1 cm³/mol. The molecule has 0 fully saturated rings. The first-order chi connectivity index (χ1) is 9.02. The number of benzene rings is 1. The molecule has 0 aliphatic heterocycles. The van der Waals surface area contributed by atoms with Crippen molar-refractivity contribution in [1.82, 2.24) is 0 Å². The quantitative estimate of drug-likeness (QED) is 0.333. The maximum Gasteiger partial charge on any atom is 0.426 e. The van der Waals surface area contributed by atoms with Gasteiger partial charge in [0.2, 0.25) is 0 Å². The Hall–Kier alpha value is -0.923. The monoisotopic (exact) mass is 295 g/mol. The van der Waals surface area contributed by atoms with E-state index in [4.69, 9.17) is 8.85 Å². The fourth-order valence-corrected chi connectivity index (χ4v) is 3.02. The van der Waals surface area contributed by atoms with Gasteiger partial charge in [-0.25, -0.2) is 17.6 Å². The third kappa shape index (κ3) is 4.02. The lowest BCUT2D eigenvalue weighted by Crippen LogP contribution is -2.41. The van der Waals surface area contributed by atoms with E-state index in [2.05, 4.69) is 0 Å². The van der Waals surface area contributed by atoms with Crippen molar-refractivity contribution in [3.8, 4) is 0 Å². The third-order valence-corrected chi connectivity index (χ3v) is 3.93. The molecular weight excluding hydrogens is 280 g/mol. The smallest absolute Gasteiger partial charge is 0.390 e. The molecule has 0 aliphatic carbocycles. The molecule has 7 heteroatoms. The molecule has 0 saturated carbocycles. The van der Waals surface area contributed by atoms with Crippen LogP contribution < -0.4 is 5.19 Å². The first-order valence-electron chi connectivity index (χ1n) is 5.98. The summed E-state index contributed by atoms with van der Waals surface area (Å²) < 4.78 is 63.4. The zero-order chi connectivity index (χ0) is 14.4. The van der Waals surface area contributed by atoms with Crippen LogP contribution in [0.3, 0.4) is 0 Å². The topological polar surface area (TPSA) is 18.5 Å². The minimum absolute atomic E-state index is 0.276. The van der Waals surface area contributed by atoms with E-state index in [1.54, 1.807) is 0 Å². The molecule has 19 heavy (non-hydrogen) atoms. The summed E-state index contributed by atoms with van der Waals surface area (Å²) >= 11 is 0. The molecule has 1 aromatic rings.